The van der Waals surface area contributed by atoms with Crippen molar-refractivity contribution in [3.05, 3.63) is 120 Å². The first-order chi connectivity index (χ1) is 20.2. The fourth-order valence-corrected chi connectivity index (χ4v) is 6.61. The zero-order chi connectivity index (χ0) is 27.1. The van der Waals surface area contributed by atoms with E-state index in [1.54, 1.807) is 0 Å². The minimum Gasteiger partial charge on any atom is -0.455 e. The molecule has 0 unspecified atom stereocenters. The third kappa shape index (κ3) is 3.33. The zero-order valence-electron chi connectivity index (χ0n) is 21.7. The van der Waals surface area contributed by atoms with Crippen molar-refractivity contribution < 1.29 is 8.83 Å². The van der Waals surface area contributed by atoms with Gasteiger partial charge in [-0.15, -0.1) is 0 Å². The third-order valence-electron chi connectivity index (χ3n) is 8.08. The quantitative estimate of drug-likeness (QED) is 0.184. The van der Waals surface area contributed by atoms with Gasteiger partial charge in [0.25, 0.3) is 0 Å². The first-order valence-corrected chi connectivity index (χ1v) is 14.3. The van der Waals surface area contributed by atoms with E-state index < -0.39 is 0 Å². The predicted molar refractivity (Wildman–Crippen MR) is 174 cm³/mol. The van der Waals surface area contributed by atoms with Crippen LogP contribution in [0.1, 0.15) is 0 Å². The summed E-state index contributed by atoms with van der Waals surface area (Å²) in [5.41, 5.74) is 8.31. The predicted octanol–water partition coefficient (Wildman–Crippen LogP) is 11.2. The van der Waals surface area contributed by atoms with Crippen LogP contribution < -0.4 is 0 Å². The molecule has 0 aliphatic heterocycles. The maximum atomic E-state index is 6.14. The first kappa shape index (κ1) is 22.8. The van der Waals surface area contributed by atoms with E-state index in [0.717, 1.165) is 54.3 Å². The number of fused-ring (bicyclic) bond motifs is 14. The van der Waals surface area contributed by atoms with Gasteiger partial charge in [0.15, 0.2) is 0 Å². The summed E-state index contributed by atoms with van der Waals surface area (Å²) in [6.45, 7) is 0. The van der Waals surface area contributed by atoms with Crippen molar-refractivity contribution in [1.82, 2.24) is 9.97 Å². The molecule has 2 N–H and O–H groups in total. The molecule has 0 radical (unpaired) electrons. The van der Waals surface area contributed by atoms with Crippen molar-refractivity contribution in [2.75, 3.05) is 0 Å². The molecule has 5 heteroatoms. The van der Waals surface area contributed by atoms with Crippen LogP contribution in [0.2, 0.25) is 0 Å². The topological polar surface area (TPSA) is 57.9 Å². The summed E-state index contributed by atoms with van der Waals surface area (Å²) < 4.78 is 13.3. The van der Waals surface area contributed by atoms with E-state index in [-0.39, 0.29) is 0 Å². The Morgan fingerprint density at radius 2 is 0.902 bits per heavy atom. The van der Waals surface area contributed by atoms with E-state index in [0.29, 0.717) is 0 Å². The van der Waals surface area contributed by atoms with Crippen LogP contribution in [-0.2, 0) is 0 Å². The minimum atomic E-state index is 0.935. The number of aromatic nitrogens is 2. The van der Waals surface area contributed by atoms with Gasteiger partial charge in [0, 0.05) is 47.8 Å². The summed E-state index contributed by atoms with van der Waals surface area (Å²) >= 11 is 3.56. The fourth-order valence-electron chi connectivity index (χ4n) is 6.25. The van der Waals surface area contributed by atoms with Gasteiger partial charge < -0.3 is 18.8 Å². The van der Waals surface area contributed by atoms with E-state index >= 15 is 0 Å². The third-order valence-corrected chi connectivity index (χ3v) is 8.57. The van der Waals surface area contributed by atoms with Gasteiger partial charge in [0.2, 0.25) is 0 Å². The van der Waals surface area contributed by atoms with Gasteiger partial charge in [-0.2, -0.15) is 0 Å². The van der Waals surface area contributed by atoms with E-state index in [2.05, 4.69) is 98.7 Å². The Balaban J connectivity index is 0.000000117. The van der Waals surface area contributed by atoms with Crippen molar-refractivity contribution in [3.63, 3.8) is 0 Å². The van der Waals surface area contributed by atoms with E-state index in [4.69, 9.17) is 8.83 Å². The Hall–Kier alpha value is -5.00. The van der Waals surface area contributed by atoms with Crippen LogP contribution in [0.3, 0.4) is 0 Å². The lowest BCUT2D eigenvalue weighted by molar-refractivity contribution is 0.672. The van der Waals surface area contributed by atoms with Gasteiger partial charge >= 0.3 is 0 Å². The van der Waals surface area contributed by atoms with E-state index in [1.807, 2.05) is 42.5 Å². The summed E-state index contributed by atoms with van der Waals surface area (Å²) in [5, 5.41) is 9.41. The molecule has 0 aliphatic carbocycles. The number of hydrogen-bond donors (Lipinski definition) is 2. The van der Waals surface area contributed by atoms with Gasteiger partial charge in [-0.3, -0.25) is 0 Å². The van der Waals surface area contributed by atoms with Crippen molar-refractivity contribution in [1.29, 1.82) is 0 Å². The fraction of sp³-hybridized carbons (Fsp3) is 0. The van der Waals surface area contributed by atoms with Gasteiger partial charge in [-0.05, 0) is 60.7 Å². The molecule has 0 amide bonds. The summed E-state index contributed by atoms with van der Waals surface area (Å²) in [7, 11) is 0. The monoisotopic (exact) mass is 592 g/mol. The number of rotatable bonds is 0. The molecular weight excluding hydrogens is 572 g/mol. The van der Waals surface area contributed by atoms with E-state index in [9.17, 15) is 0 Å². The highest BCUT2D eigenvalue weighted by Crippen LogP contribution is 2.39. The van der Waals surface area contributed by atoms with Crippen LogP contribution in [0, 0.1) is 0 Å². The van der Waals surface area contributed by atoms with E-state index in [1.165, 1.54) is 37.7 Å². The number of furan rings is 2. The van der Waals surface area contributed by atoms with Gasteiger partial charge in [0.1, 0.15) is 22.3 Å². The Morgan fingerprint density at radius 1 is 0.415 bits per heavy atom. The lowest BCUT2D eigenvalue weighted by Gasteiger charge is -1.94. The maximum Gasteiger partial charge on any atom is 0.145 e. The average Bonchev–Trinajstić information content (AvgIpc) is 3.76. The lowest BCUT2D eigenvalue weighted by atomic mass is 10.1. The molecule has 6 aromatic carbocycles. The molecule has 0 bridgehead atoms. The number of halogens is 1. The van der Waals surface area contributed by atoms with Crippen molar-refractivity contribution >= 4 is 103 Å². The molecule has 0 spiro atoms. The van der Waals surface area contributed by atoms with Crippen LogP contribution in [0.25, 0.3) is 87.5 Å². The number of H-pyrrole nitrogens is 2. The summed E-state index contributed by atoms with van der Waals surface area (Å²) in [4.78, 5) is 6.92. The van der Waals surface area contributed by atoms with Crippen LogP contribution in [0.4, 0.5) is 0 Å². The highest BCUT2D eigenvalue weighted by Gasteiger charge is 2.15. The second-order valence-electron chi connectivity index (χ2n) is 10.4. The molecule has 4 aromatic heterocycles. The molecule has 0 atom stereocenters. The molecule has 0 saturated carbocycles. The number of para-hydroxylation sites is 3. The minimum absolute atomic E-state index is 0.935. The molecule has 194 valence electrons. The lowest BCUT2D eigenvalue weighted by Crippen LogP contribution is -1.70. The normalized spacial score (nSPS) is 12.0. The molecule has 4 nitrogen and oxygen atoms in total. The molecule has 10 aromatic rings. The van der Waals surface area contributed by atoms with Gasteiger partial charge in [-0.25, -0.2) is 0 Å². The SMILES string of the molecule is Brc1ccc2[nH]c3ccc4c5ccccc5oc4c3c2c1.c1ccc2c(c1)[nH]c1ccc3c4ccccc4oc3c12. The van der Waals surface area contributed by atoms with Crippen LogP contribution in [0.15, 0.2) is 129 Å². The summed E-state index contributed by atoms with van der Waals surface area (Å²) in [5.74, 6) is 0. The maximum absolute atomic E-state index is 6.14. The Bertz CT molecular complexity index is 2610. The second kappa shape index (κ2) is 8.50. The standard InChI is InChI=1S/C18H10BrNO.C18H11NO/c19-10-5-7-14-13(9-10)17-15(20-14)8-6-12-11-3-1-2-4-16(11)21-18(12)17;1-3-7-14-13(6-1)17-15(19-14)10-9-12-11-5-2-4-8-16(11)20-18(12)17/h1-9,20H;1-10,19H. The Morgan fingerprint density at radius 3 is 1.54 bits per heavy atom. The highest BCUT2D eigenvalue weighted by atomic mass is 79.9. The molecule has 0 saturated heterocycles. The molecular formula is C36H21BrN2O2. The largest absolute Gasteiger partial charge is 0.455 e. The first-order valence-electron chi connectivity index (χ1n) is 13.5. The summed E-state index contributed by atoms with van der Waals surface area (Å²) in [6.07, 6.45) is 0. The van der Waals surface area contributed by atoms with Crippen LogP contribution >= 0.6 is 15.9 Å². The van der Waals surface area contributed by atoms with Gasteiger partial charge in [-0.1, -0.05) is 70.5 Å². The average molecular weight is 593 g/mol. The molecule has 10 rings (SSSR count). The van der Waals surface area contributed by atoms with Crippen LogP contribution in [-0.4, -0.2) is 9.97 Å². The summed E-state index contributed by atoms with van der Waals surface area (Å²) in [6, 6.07) is 39.6. The molecule has 0 fully saturated rings. The van der Waals surface area contributed by atoms with Crippen molar-refractivity contribution in [3.8, 4) is 0 Å². The highest BCUT2D eigenvalue weighted by molar-refractivity contribution is 9.10. The number of hydrogen-bond acceptors (Lipinski definition) is 2. The van der Waals surface area contributed by atoms with Crippen molar-refractivity contribution in [2.45, 2.75) is 0 Å². The van der Waals surface area contributed by atoms with Crippen molar-refractivity contribution in [2.24, 2.45) is 0 Å². The van der Waals surface area contributed by atoms with Gasteiger partial charge in [0.05, 0.1) is 21.8 Å². The number of nitrogens with one attached hydrogen (secondary N) is 2. The van der Waals surface area contributed by atoms with Crippen LogP contribution in [0.5, 0.6) is 0 Å². The Labute approximate surface area is 241 Å². The molecule has 4 heterocycles. The molecule has 41 heavy (non-hydrogen) atoms. The number of aromatic amines is 2. The Kier molecular flexibility index (Phi) is 4.72. The zero-order valence-corrected chi connectivity index (χ0v) is 23.3. The number of benzene rings is 6. The smallest absolute Gasteiger partial charge is 0.145 e. The molecule has 0 aliphatic rings. The second-order valence-corrected chi connectivity index (χ2v) is 11.3.